The number of oxime groups is 1. The summed E-state index contributed by atoms with van der Waals surface area (Å²) in [5, 5.41) is 3.64. The number of halogens is 2. The second-order valence-electron chi connectivity index (χ2n) is 3.62. The van der Waals surface area contributed by atoms with E-state index in [9.17, 15) is 8.78 Å². The van der Waals surface area contributed by atoms with Gasteiger partial charge in [-0.2, -0.15) is 0 Å². The van der Waals surface area contributed by atoms with Gasteiger partial charge in [-0.15, -0.1) is 0 Å². The van der Waals surface area contributed by atoms with Crippen LogP contribution in [0.5, 0.6) is 0 Å². The zero-order valence-electron chi connectivity index (χ0n) is 10.7. The number of hydrogen-bond donors (Lipinski definition) is 0. The highest BCUT2D eigenvalue weighted by Gasteiger charge is 2.46. The SMILES string of the molecule is CC.CC.FC1(F)CCC2(CC=NO2)CC1. The summed E-state index contributed by atoms with van der Waals surface area (Å²) < 4.78 is 25.5. The van der Waals surface area contributed by atoms with E-state index in [4.69, 9.17) is 4.84 Å². The van der Waals surface area contributed by atoms with Gasteiger partial charge in [0.1, 0.15) is 5.60 Å². The van der Waals surface area contributed by atoms with E-state index in [2.05, 4.69) is 5.16 Å². The maximum absolute atomic E-state index is 12.7. The van der Waals surface area contributed by atoms with Crippen molar-refractivity contribution in [2.75, 3.05) is 0 Å². The quantitative estimate of drug-likeness (QED) is 0.610. The lowest BCUT2D eigenvalue weighted by Gasteiger charge is -2.34. The molecule has 0 aromatic carbocycles. The van der Waals surface area contributed by atoms with E-state index in [0.717, 1.165) is 0 Å². The van der Waals surface area contributed by atoms with E-state index < -0.39 is 5.92 Å². The predicted octanol–water partition coefficient (Wildman–Crippen LogP) is 4.39. The molecule has 0 saturated heterocycles. The van der Waals surface area contributed by atoms with Crippen LogP contribution in [0.1, 0.15) is 59.8 Å². The maximum Gasteiger partial charge on any atom is 0.248 e. The van der Waals surface area contributed by atoms with Crippen LogP contribution in [-0.4, -0.2) is 17.7 Å². The van der Waals surface area contributed by atoms with E-state index in [1.165, 1.54) is 0 Å². The van der Waals surface area contributed by atoms with Crippen LogP contribution < -0.4 is 0 Å². The molecule has 1 aliphatic carbocycles. The molecular formula is C12H23F2NO. The smallest absolute Gasteiger partial charge is 0.248 e. The van der Waals surface area contributed by atoms with E-state index in [0.29, 0.717) is 19.3 Å². The third-order valence-corrected chi connectivity index (χ3v) is 2.68. The van der Waals surface area contributed by atoms with Gasteiger partial charge < -0.3 is 4.84 Å². The Bertz CT molecular complexity index is 197. The van der Waals surface area contributed by atoms with Crippen LogP contribution in [0.15, 0.2) is 5.16 Å². The summed E-state index contributed by atoms with van der Waals surface area (Å²) >= 11 is 0. The Labute approximate surface area is 97.0 Å². The molecule has 0 atom stereocenters. The van der Waals surface area contributed by atoms with Gasteiger partial charge in [-0.25, -0.2) is 8.78 Å². The van der Waals surface area contributed by atoms with Gasteiger partial charge in [0.15, 0.2) is 0 Å². The number of hydrogen-bond acceptors (Lipinski definition) is 2. The molecule has 1 spiro atoms. The topological polar surface area (TPSA) is 21.6 Å². The highest BCUT2D eigenvalue weighted by Crippen LogP contribution is 2.43. The average molecular weight is 235 g/mol. The number of rotatable bonds is 0. The first kappa shape index (κ1) is 15.3. The molecule has 1 saturated carbocycles. The molecule has 2 aliphatic rings. The lowest BCUT2D eigenvalue weighted by Crippen LogP contribution is -2.38. The molecule has 0 aromatic rings. The molecule has 0 aromatic heterocycles. The van der Waals surface area contributed by atoms with Crippen molar-refractivity contribution in [1.29, 1.82) is 0 Å². The standard InChI is InChI=1S/C8H11F2NO.2C2H6/c9-8(10)3-1-7(2-4-8)5-6-11-12-7;2*1-2/h6H,1-5H2;2*1-2H3. The van der Waals surface area contributed by atoms with E-state index in [-0.39, 0.29) is 18.4 Å². The summed E-state index contributed by atoms with van der Waals surface area (Å²) in [5.74, 6) is -2.47. The summed E-state index contributed by atoms with van der Waals surface area (Å²) in [7, 11) is 0. The monoisotopic (exact) mass is 235 g/mol. The minimum atomic E-state index is -2.47. The van der Waals surface area contributed by atoms with Crippen LogP contribution in [0.2, 0.25) is 0 Å². The fraction of sp³-hybridized carbons (Fsp3) is 0.917. The first-order chi connectivity index (χ1) is 7.62. The molecule has 2 rings (SSSR count). The Kier molecular flexibility index (Phi) is 6.53. The Balaban J connectivity index is 0.000000509. The molecule has 0 amide bonds. The van der Waals surface area contributed by atoms with Crippen molar-refractivity contribution in [2.24, 2.45) is 5.16 Å². The van der Waals surface area contributed by atoms with Crippen LogP contribution in [0.3, 0.4) is 0 Å². The second-order valence-corrected chi connectivity index (χ2v) is 3.62. The molecule has 1 heterocycles. The summed E-state index contributed by atoms with van der Waals surface area (Å²) in [6.45, 7) is 8.00. The average Bonchev–Trinajstić information content (AvgIpc) is 2.78. The third-order valence-electron chi connectivity index (χ3n) is 2.68. The molecule has 4 heteroatoms. The third kappa shape index (κ3) is 4.06. The van der Waals surface area contributed by atoms with Gasteiger partial charge >= 0.3 is 0 Å². The largest absolute Gasteiger partial charge is 0.389 e. The Morgan fingerprint density at radius 1 is 1.00 bits per heavy atom. The lowest BCUT2D eigenvalue weighted by atomic mass is 9.81. The fourth-order valence-electron chi connectivity index (χ4n) is 1.76. The molecule has 1 fully saturated rings. The maximum atomic E-state index is 12.7. The number of nitrogens with zero attached hydrogens (tertiary/aromatic N) is 1. The van der Waals surface area contributed by atoms with E-state index in [1.807, 2.05) is 27.7 Å². The highest BCUT2D eigenvalue weighted by molar-refractivity contribution is 5.59. The summed E-state index contributed by atoms with van der Waals surface area (Å²) in [5.41, 5.74) is -0.373. The molecule has 0 bridgehead atoms. The predicted molar refractivity (Wildman–Crippen MR) is 63.0 cm³/mol. The summed E-state index contributed by atoms with van der Waals surface area (Å²) in [6, 6.07) is 0. The molecular weight excluding hydrogens is 212 g/mol. The summed E-state index contributed by atoms with van der Waals surface area (Å²) in [6.07, 6.45) is 3.11. The van der Waals surface area contributed by atoms with Crippen molar-refractivity contribution in [3.63, 3.8) is 0 Å². The van der Waals surface area contributed by atoms with Gasteiger partial charge in [-0.3, -0.25) is 0 Å². The van der Waals surface area contributed by atoms with Gasteiger partial charge in [-0.1, -0.05) is 32.9 Å². The van der Waals surface area contributed by atoms with Crippen molar-refractivity contribution < 1.29 is 13.6 Å². The fourth-order valence-corrected chi connectivity index (χ4v) is 1.76. The summed E-state index contributed by atoms with van der Waals surface area (Å²) in [4.78, 5) is 5.11. The first-order valence-corrected chi connectivity index (χ1v) is 6.20. The lowest BCUT2D eigenvalue weighted by molar-refractivity contribution is -0.119. The van der Waals surface area contributed by atoms with Crippen LogP contribution in [0, 0.1) is 0 Å². The van der Waals surface area contributed by atoms with Crippen LogP contribution >= 0.6 is 0 Å². The van der Waals surface area contributed by atoms with Gasteiger partial charge in [-0.05, 0) is 12.8 Å². The highest BCUT2D eigenvalue weighted by atomic mass is 19.3. The zero-order chi connectivity index (χ0) is 12.7. The first-order valence-electron chi connectivity index (χ1n) is 6.20. The Hall–Kier alpha value is -0.670. The Morgan fingerprint density at radius 2 is 1.50 bits per heavy atom. The Morgan fingerprint density at radius 3 is 1.88 bits per heavy atom. The molecule has 16 heavy (non-hydrogen) atoms. The molecule has 0 N–H and O–H groups in total. The van der Waals surface area contributed by atoms with Crippen molar-refractivity contribution >= 4 is 6.21 Å². The van der Waals surface area contributed by atoms with Gasteiger partial charge in [0.2, 0.25) is 5.92 Å². The van der Waals surface area contributed by atoms with Crippen molar-refractivity contribution in [3.05, 3.63) is 0 Å². The van der Waals surface area contributed by atoms with E-state index in [1.54, 1.807) is 6.21 Å². The minimum Gasteiger partial charge on any atom is -0.389 e. The van der Waals surface area contributed by atoms with Crippen LogP contribution in [0.4, 0.5) is 8.78 Å². The molecule has 1 aliphatic heterocycles. The number of alkyl halides is 2. The molecule has 2 nitrogen and oxygen atoms in total. The van der Waals surface area contributed by atoms with Crippen molar-refractivity contribution in [1.82, 2.24) is 0 Å². The second kappa shape index (κ2) is 6.81. The normalized spacial score (nSPS) is 23.6. The van der Waals surface area contributed by atoms with Crippen molar-refractivity contribution in [2.45, 2.75) is 71.3 Å². The zero-order valence-corrected chi connectivity index (χ0v) is 10.7. The van der Waals surface area contributed by atoms with Gasteiger partial charge in [0.25, 0.3) is 0 Å². The van der Waals surface area contributed by atoms with Crippen LogP contribution in [-0.2, 0) is 4.84 Å². The minimum absolute atomic E-state index is 0.0592. The molecule has 0 radical (unpaired) electrons. The molecule has 0 unspecified atom stereocenters. The van der Waals surface area contributed by atoms with Crippen molar-refractivity contribution in [3.8, 4) is 0 Å². The molecule has 96 valence electrons. The van der Waals surface area contributed by atoms with Crippen LogP contribution in [0.25, 0.3) is 0 Å². The van der Waals surface area contributed by atoms with Gasteiger partial charge in [0.05, 0.1) is 0 Å². The van der Waals surface area contributed by atoms with Gasteiger partial charge in [0, 0.05) is 25.5 Å². The van der Waals surface area contributed by atoms with E-state index >= 15 is 0 Å².